The Morgan fingerprint density at radius 2 is 1.80 bits per heavy atom. The van der Waals surface area contributed by atoms with Crippen LogP contribution in [-0.4, -0.2) is 19.0 Å². The number of benzene rings is 2. The maximum Gasteiger partial charge on any atom is 0.330 e. The minimum atomic E-state index is -1.06. The summed E-state index contributed by atoms with van der Waals surface area (Å²) in [5.74, 6) is -0.328. The molecule has 1 fully saturated rings. The summed E-state index contributed by atoms with van der Waals surface area (Å²) in [5, 5.41) is 9.57. The molecule has 0 spiro atoms. The maximum atomic E-state index is 12.7. The molecule has 3 rings (SSSR count). The summed E-state index contributed by atoms with van der Waals surface area (Å²) in [4.78, 5) is 24.0. The molecule has 0 amide bonds. The van der Waals surface area contributed by atoms with Gasteiger partial charge in [0, 0.05) is 11.6 Å². The number of para-hydroxylation sites is 1. The number of esters is 2. The number of methoxy groups -OCH3 is 1. The molecule has 1 saturated carbocycles. The second-order valence-corrected chi connectivity index (χ2v) is 7.64. The SMILES string of the molecule is COC(=O)/C=C\[C@H]1[C@@H](C(=O)OC(C#N)c2cccc(Oc3ccccc3)c2)C1(C)C. The van der Waals surface area contributed by atoms with E-state index in [4.69, 9.17) is 9.47 Å². The molecule has 0 aromatic heterocycles. The minimum Gasteiger partial charge on any atom is -0.466 e. The van der Waals surface area contributed by atoms with Gasteiger partial charge in [0.15, 0.2) is 0 Å². The van der Waals surface area contributed by atoms with Crippen molar-refractivity contribution >= 4 is 11.9 Å². The monoisotopic (exact) mass is 405 g/mol. The summed E-state index contributed by atoms with van der Waals surface area (Å²) in [6.45, 7) is 3.84. The predicted molar refractivity (Wildman–Crippen MR) is 109 cm³/mol. The first-order chi connectivity index (χ1) is 14.4. The van der Waals surface area contributed by atoms with E-state index in [9.17, 15) is 14.9 Å². The Labute approximate surface area is 175 Å². The lowest BCUT2D eigenvalue weighted by atomic mass is 10.1. The highest BCUT2D eigenvalue weighted by molar-refractivity contribution is 5.83. The van der Waals surface area contributed by atoms with Gasteiger partial charge in [0.1, 0.15) is 17.6 Å². The number of ether oxygens (including phenoxy) is 3. The van der Waals surface area contributed by atoms with E-state index < -0.39 is 24.0 Å². The molecule has 3 atom stereocenters. The highest BCUT2D eigenvalue weighted by Crippen LogP contribution is 2.59. The van der Waals surface area contributed by atoms with Crippen molar-refractivity contribution in [2.24, 2.45) is 17.3 Å². The molecule has 0 radical (unpaired) electrons. The lowest BCUT2D eigenvalue weighted by Crippen LogP contribution is -2.14. The predicted octanol–water partition coefficient (Wildman–Crippen LogP) is 4.59. The number of nitriles is 1. The Bertz CT molecular complexity index is 990. The average Bonchev–Trinajstić information content (AvgIpc) is 3.31. The first kappa shape index (κ1) is 21.1. The van der Waals surface area contributed by atoms with Gasteiger partial charge in [-0.2, -0.15) is 5.26 Å². The average molecular weight is 405 g/mol. The van der Waals surface area contributed by atoms with Gasteiger partial charge in [-0.1, -0.05) is 50.3 Å². The van der Waals surface area contributed by atoms with Crippen LogP contribution >= 0.6 is 0 Å². The van der Waals surface area contributed by atoms with Crippen LogP contribution in [0.2, 0.25) is 0 Å². The number of nitrogens with zero attached hydrogens (tertiary/aromatic N) is 1. The summed E-state index contributed by atoms with van der Waals surface area (Å²) in [7, 11) is 1.30. The Hall–Kier alpha value is -3.59. The number of carbonyl (C=O) groups excluding carboxylic acids is 2. The zero-order chi connectivity index (χ0) is 21.7. The van der Waals surface area contributed by atoms with E-state index in [1.54, 1.807) is 30.3 Å². The molecule has 1 aliphatic rings. The van der Waals surface area contributed by atoms with E-state index in [1.807, 2.05) is 50.2 Å². The van der Waals surface area contributed by atoms with Crippen LogP contribution in [0, 0.1) is 28.6 Å². The molecule has 0 heterocycles. The lowest BCUT2D eigenvalue weighted by molar-refractivity contribution is -0.149. The van der Waals surface area contributed by atoms with Crippen molar-refractivity contribution in [1.82, 2.24) is 0 Å². The third-order valence-corrected chi connectivity index (χ3v) is 5.30. The number of allylic oxidation sites excluding steroid dienone is 1. The van der Waals surface area contributed by atoms with Crippen LogP contribution in [0.3, 0.4) is 0 Å². The molecule has 2 aromatic carbocycles. The fourth-order valence-electron chi connectivity index (χ4n) is 3.46. The molecule has 1 aliphatic carbocycles. The molecule has 0 aliphatic heterocycles. The highest BCUT2D eigenvalue weighted by atomic mass is 16.5. The van der Waals surface area contributed by atoms with Crippen LogP contribution in [0.1, 0.15) is 25.5 Å². The standard InChI is InChI=1S/C24H23NO5/c1-24(2)19(12-13-21(26)28-3)22(24)23(27)30-20(15-25)16-8-7-11-18(14-16)29-17-9-5-4-6-10-17/h4-14,19-20,22H,1-3H3/b13-12-/t19-,20?,22-/m0/s1. The Balaban J connectivity index is 1.69. The lowest BCUT2D eigenvalue weighted by Gasteiger charge is -2.13. The Kier molecular flexibility index (Phi) is 6.22. The molecule has 0 N–H and O–H groups in total. The van der Waals surface area contributed by atoms with Crippen molar-refractivity contribution in [3.8, 4) is 17.6 Å². The summed E-state index contributed by atoms with van der Waals surface area (Å²) < 4.78 is 15.9. The van der Waals surface area contributed by atoms with Gasteiger partial charge in [0.25, 0.3) is 0 Å². The molecule has 6 nitrogen and oxygen atoms in total. The van der Waals surface area contributed by atoms with E-state index in [1.165, 1.54) is 13.2 Å². The molecule has 2 aromatic rings. The molecule has 0 bridgehead atoms. The zero-order valence-electron chi connectivity index (χ0n) is 17.1. The van der Waals surface area contributed by atoms with Gasteiger partial charge < -0.3 is 14.2 Å². The molecule has 30 heavy (non-hydrogen) atoms. The third kappa shape index (κ3) is 4.69. The fourth-order valence-corrected chi connectivity index (χ4v) is 3.46. The van der Waals surface area contributed by atoms with E-state index >= 15 is 0 Å². The molecule has 0 saturated heterocycles. The summed E-state index contributed by atoms with van der Waals surface area (Å²) in [6.07, 6.45) is 1.91. The number of hydrogen-bond acceptors (Lipinski definition) is 6. The van der Waals surface area contributed by atoms with Gasteiger partial charge in [-0.15, -0.1) is 0 Å². The second-order valence-electron chi connectivity index (χ2n) is 7.64. The van der Waals surface area contributed by atoms with Crippen molar-refractivity contribution in [2.45, 2.75) is 20.0 Å². The van der Waals surface area contributed by atoms with Gasteiger partial charge in [-0.3, -0.25) is 4.79 Å². The van der Waals surface area contributed by atoms with Crippen molar-refractivity contribution in [3.05, 3.63) is 72.3 Å². The van der Waals surface area contributed by atoms with Crippen LogP contribution in [0.5, 0.6) is 11.5 Å². The first-order valence-corrected chi connectivity index (χ1v) is 9.56. The molecular weight excluding hydrogens is 382 g/mol. The molecule has 154 valence electrons. The van der Waals surface area contributed by atoms with Crippen LogP contribution < -0.4 is 4.74 Å². The topological polar surface area (TPSA) is 85.6 Å². The van der Waals surface area contributed by atoms with E-state index in [0.29, 0.717) is 17.1 Å². The Morgan fingerprint density at radius 3 is 2.47 bits per heavy atom. The fraction of sp³-hybridized carbons (Fsp3) is 0.292. The minimum absolute atomic E-state index is 0.156. The maximum absolute atomic E-state index is 12.7. The van der Waals surface area contributed by atoms with Crippen LogP contribution in [-0.2, 0) is 19.1 Å². The molecular formula is C24H23NO5. The number of rotatable bonds is 7. The molecule has 6 heteroatoms. The Morgan fingerprint density at radius 1 is 1.10 bits per heavy atom. The van der Waals surface area contributed by atoms with Gasteiger partial charge in [0.05, 0.1) is 13.0 Å². The van der Waals surface area contributed by atoms with Crippen LogP contribution in [0.4, 0.5) is 0 Å². The summed E-state index contributed by atoms with van der Waals surface area (Å²) >= 11 is 0. The van der Waals surface area contributed by atoms with Gasteiger partial charge in [-0.25, -0.2) is 4.79 Å². The van der Waals surface area contributed by atoms with Gasteiger partial charge in [-0.05, 0) is 35.6 Å². The highest BCUT2D eigenvalue weighted by Gasteiger charge is 2.61. The largest absolute Gasteiger partial charge is 0.466 e. The van der Waals surface area contributed by atoms with E-state index in [-0.39, 0.29) is 11.3 Å². The van der Waals surface area contributed by atoms with Crippen LogP contribution in [0.25, 0.3) is 0 Å². The zero-order valence-corrected chi connectivity index (χ0v) is 17.1. The van der Waals surface area contributed by atoms with Crippen molar-refractivity contribution in [2.75, 3.05) is 7.11 Å². The smallest absolute Gasteiger partial charge is 0.330 e. The van der Waals surface area contributed by atoms with Crippen LogP contribution in [0.15, 0.2) is 66.7 Å². The van der Waals surface area contributed by atoms with E-state index in [2.05, 4.69) is 4.74 Å². The third-order valence-electron chi connectivity index (χ3n) is 5.30. The van der Waals surface area contributed by atoms with Crippen molar-refractivity contribution < 1.29 is 23.8 Å². The van der Waals surface area contributed by atoms with Crippen molar-refractivity contribution in [3.63, 3.8) is 0 Å². The number of carbonyl (C=O) groups is 2. The van der Waals surface area contributed by atoms with E-state index in [0.717, 1.165) is 0 Å². The second kappa shape index (κ2) is 8.83. The quantitative estimate of drug-likeness (QED) is 0.495. The van der Waals surface area contributed by atoms with Crippen molar-refractivity contribution in [1.29, 1.82) is 5.26 Å². The normalized spacial score (nSPS) is 20.1. The number of hydrogen-bond donors (Lipinski definition) is 0. The van der Waals surface area contributed by atoms with Gasteiger partial charge >= 0.3 is 11.9 Å². The summed E-state index contributed by atoms with van der Waals surface area (Å²) in [6, 6.07) is 18.2. The summed E-state index contributed by atoms with van der Waals surface area (Å²) in [5.41, 5.74) is 0.166. The molecule has 1 unspecified atom stereocenters. The van der Waals surface area contributed by atoms with Gasteiger partial charge in [0.2, 0.25) is 6.10 Å². The first-order valence-electron chi connectivity index (χ1n) is 9.56.